The second kappa shape index (κ2) is 6.71. The highest BCUT2D eigenvalue weighted by atomic mass is 32.2. The van der Waals surface area contributed by atoms with Gasteiger partial charge in [-0.1, -0.05) is 44.7 Å². The Morgan fingerprint density at radius 3 is 2.74 bits per heavy atom. The third-order valence-electron chi connectivity index (χ3n) is 4.96. The van der Waals surface area contributed by atoms with Crippen molar-refractivity contribution in [2.45, 2.75) is 51.2 Å². The zero-order valence-electron chi connectivity index (χ0n) is 15.8. The molecule has 142 valence electrons. The number of ketones is 1. The fraction of sp³-hybridized carbons (Fsp3) is 0.450. The molecule has 4 rings (SSSR count). The molecule has 0 fully saturated rings. The van der Waals surface area contributed by atoms with E-state index in [-0.39, 0.29) is 23.0 Å². The first-order chi connectivity index (χ1) is 12.9. The van der Waals surface area contributed by atoms with Gasteiger partial charge in [0.1, 0.15) is 11.8 Å². The predicted molar refractivity (Wildman–Crippen MR) is 106 cm³/mol. The quantitative estimate of drug-likeness (QED) is 0.771. The van der Waals surface area contributed by atoms with Gasteiger partial charge in [-0.15, -0.1) is 5.10 Å². The SMILES string of the molecule is CCCSc1nc2n(n1)C(c1ccc(O)cc1)C1=C(CC(C)(C)CC1=O)N2. The van der Waals surface area contributed by atoms with Crippen molar-refractivity contribution >= 4 is 23.5 Å². The van der Waals surface area contributed by atoms with Crippen LogP contribution in [0.15, 0.2) is 40.7 Å². The summed E-state index contributed by atoms with van der Waals surface area (Å²) in [6.45, 7) is 6.36. The standard InChI is InChI=1S/C20H24N4O2S/c1-4-9-27-19-22-18-21-14-10-20(2,3)11-15(26)16(14)17(24(18)23-19)12-5-7-13(25)8-6-12/h5-8,17,25H,4,9-11H2,1-3H3,(H,21,22,23). The molecule has 2 heterocycles. The molecule has 0 saturated carbocycles. The maximum Gasteiger partial charge on any atom is 0.227 e. The number of benzene rings is 1. The number of nitrogens with one attached hydrogen (secondary N) is 1. The van der Waals surface area contributed by atoms with Crippen molar-refractivity contribution < 1.29 is 9.90 Å². The number of nitrogens with zero attached hydrogens (tertiary/aromatic N) is 3. The van der Waals surface area contributed by atoms with Crippen molar-refractivity contribution in [2.75, 3.05) is 11.1 Å². The number of fused-ring (bicyclic) bond motifs is 1. The third-order valence-corrected chi connectivity index (χ3v) is 6.00. The molecule has 2 aliphatic rings. The van der Waals surface area contributed by atoms with Crippen molar-refractivity contribution in [3.63, 3.8) is 0 Å². The van der Waals surface area contributed by atoms with Crippen LogP contribution < -0.4 is 5.32 Å². The molecule has 0 bridgehead atoms. The average molecular weight is 385 g/mol. The molecule has 0 spiro atoms. The van der Waals surface area contributed by atoms with Crippen molar-refractivity contribution in [1.29, 1.82) is 0 Å². The molecule has 0 saturated heterocycles. The van der Waals surface area contributed by atoms with Gasteiger partial charge in [0, 0.05) is 23.4 Å². The van der Waals surface area contributed by atoms with Crippen molar-refractivity contribution in [3.05, 3.63) is 41.1 Å². The number of carbonyl (C=O) groups is 1. The second-order valence-corrected chi connectivity index (χ2v) is 9.03. The van der Waals surface area contributed by atoms with Crippen LogP contribution in [0.1, 0.15) is 51.6 Å². The molecule has 1 unspecified atom stereocenters. The Morgan fingerprint density at radius 1 is 1.30 bits per heavy atom. The van der Waals surface area contributed by atoms with E-state index in [4.69, 9.17) is 0 Å². The molecule has 6 nitrogen and oxygen atoms in total. The maximum atomic E-state index is 13.1. The molecule has 0 amide bonds. The lowest BCUT2D eigenvalue weighted by Crippen LogP contribution is -2.36. The number of thioether (sulfide) groups is 1. The Kier molecular flexibility index (Phi) is 4.50. The van der Waals surface area contributed by atoms with E-state index in [2.05, 4.69) is 36.2 Å². The lowest BCUT2D eigenvalue weighted by molar-refractivity contribution is -0.118. The molecule has 0 radical (unpaired) electrons. The van der Waals surface area contributed by atoms with Gasteiger partial charge in [-0.25, -0.2) is 4.68 Å². The van der Waals surface area contributed by atoms with Crippen molar-refractivity contribution in [2.24, 2.45) is 5.41 Å². The minimum Gasteiger partial charge on any atom is -0.508 e. The van der Waals surface area contributed by atoms with Crippen LogP contribution in [-0.4, -0.2) is 31.4 Å². The molecule has 27 heavy (non-hydrogen) atoms. The van der Waals surface area contributed by atoms with Gasteiger partial charge in [0.05, 0.1) is 0 Å². The van der Waals surface area contributed by atoms with Crippen LogP contribution in [0.4, 0.5) is 5.95 Å². The molecule has 7 heteroatoms. The molecule has 1 aromatic heterocycles. The smallest absolute Gasteiger partial charge is 0.227 e. The van der Waals surface area contributed by atoms with Crippen LogP contribution in [0.2, 0.25) is 0 Å². The average Bonchev–Trinajstić information content (AvgIpc) is 3.00. The van der Waals surface area contributed by atoms with Gasteiger partial charge >= 0.3 is 0 Å². The van der Waals surface area contributed by atoms with E-state index in [1.165, 1.54) is 0 Å². The van der Waals surface area contributed by atoms with Crippen LogP contribution in [0.5, 0.6) is 5.75 Å². The Morgan fingerprint density at radius 2 is 2.04 bits per heavy atom. The van der Waals surface area contributed by atoms with Gasteiger partial charge in [0.2, 0.25) is 11.1 Å². The van der Waals surface area contributed by atoms with Crippen LogP contribution in [0.25, 0.3) is 0 Å². The summed E-state index contributed by atoms with van der Waals surface area (Å²) in [6.07, 6.45) is 2.36. The molecule has 1 aliphatic carbocycles. The normalized spacial score (nSPS) is 20.9. The number of aromatic nitrogens is 3. The number of hydrogen-bond donors (Lipinski definition) is 2. The number of Topliss-reactive ketones (excluding diaryl/α,β-unsaturated/α-hetero) is 1. The summed E-state index contributed by atoms with van der Waals surface area (Å²) in [5.41, 5.74) is 2.56. The number of phenolic OH excluding ortho intramolecular Hbond substituents is 1. The van der Waals surface area contributed by atoms with Gasteiger partial charge in [0.15, 0.2) is 5.78 Å². The fourth-order valence-electron chi connectivity index (χ4n) is 3.81. The van der Waals surface area contributed by atoms with Gasteiger partial charge < -0.3 is 10.4 Å². The van der Waals surface area contributed by atoms with E-state index in [1.807, 2.05) is 16.8 Å². The molecule has 1 aromatic carbocycles. The zero-order chi connectivity index (χ0) is 19.2. The number of hydrogen-bond acceptors (Lipinski definition) is 6. The highest BCUT2D eigenvalue weighted by molar-refractivity contribution is 7.99. The summed E-state index contributed by atoms with van der Waals surface area (Å²) in [5.74, 6) is 1.98. The first-order valence-corrected chi connectivity index (χ1v) is 10.3. The lowest BCUT2D eigenvalue weighted by atomic mass is 9.73. The number of phenols is 1. The Balaban J connectivity index is 1.83. The molecule has 2 aromatic rings. The van der Waals surface area contributed by atoms with Crippen LogP contribution >= 0.6 is 11.8 Å². The minimum atomic E-state index is -0.316. The lowest BCUT2D eigenvalue weighted by Gasteiger charge is -2.38. The summed E-state index contributed by atoms with van der Waals surface area (Å²) in [7, 11) is 0. The van der Waals surface area contributed by atoms with Gasteiger partial charge in [-0.3, -0.25) is 4.79 Å². The molecule has 1 aliphatic heterocycles. The summed E-state index contributed by atoms with van der Waals surface area (Å²) in [6, 6.07) is 6.70. The van der Waals surface area contributed by atoms with Gasteiger partial charge in [-0.05, 0) is 36.0 Å². The maximum absolute atomic E-state index is 13.1. The van der Waals surface area contributed by atoms with E-state index < -0.39 is 0 Å². The molecule has 2 N–H and O–H groups in total. The Bertz CT molecular complexity index is 915. The number of anilines is 1. The number of carbonyl (C=O) groups excluding carboxylic acids is 1. The number of rotatable bonds is 4. The Hall–Kier alpha value is -2.28. The van der Waals surface area contributed by atoms with Gasteiger partial charge in [-0.2, -0.15) is 4.98 Å². The minimum absolute atomic E-state index is 0.0790. The number of aromatic hydroxyl groups is 1. The fourth-order valence-corrected chi connectivity index (χ4v) is 4.49. The summed E-state index contributed by atoms with van der Waals surface area (Å²) in [5, 5.41) is 18.5. The van der Waals surface area contributed by atoms with Gasteiger partial charge in [0.25, 0.3) is 0 Å². The van der Waals surface area contributed by atoms with E-state index in [0.29, 0.717) is 12.4 Å². The zero-order valence-corrected chi connectivity index (χ0v) is 16.6. The monoisotopic (exact) mass is 384 g/mol. The van der Waals surface area contributed by atoms with Crippen molar-refractivity contribution in [3.8, 4) is 5.75 Å². The van der Waals surface area contributed by atoms with Crippen LogP contribution in [0.3, 0.4) is 0 Å². The molecular weight excluding hydrogens is 360 g/mol. The summed E-state index contributed by atoms with van der Waals surface area (Å²) >= 11 is 1.62. The van der Waals surface area contributed by atoms with E-state index >= 15 is 0 Å². The molecule has 1 atom stereocenters. The first-order valence-electron chi connectivity index (χ1n) is 9.29. The van der Waals surface area contributed by atoms with E-state index in [9.17, 15) is 9.90 Å². The third kappa shape index (κ3) is 3.36. The highest BCUT2D eigenvalue weighted by Crippen LogP contribution is 2.45. The van der Waals surface area contributed by atoms with Crippen molar-refractivity contribution in [1.82, 2.24) is 14.8 Å². The predicted octanol–water partition coefficient (Wildman–Crippen LogP) is 4.14. The van der Waals surface area contributed by atoms with Crippen LogP contribution in [0, 0.1) is 5.41 Å². The second-order valence-electron chi connectivity index (χ2n) is 7.96. The topological polar surface area (TPSA) is 80.0 Å². The molecular formula is C20H24N4O2S. The van der Waals surface area contributed by atoms with E-state index in [1.54, 1.807) is 23.9 Å². The highest BCUT2D eigenvalue weighted by Gasteiger charge is 2.41. The largest absolute Gasteiger partial charge is 0.508 e. The van der Waals surface area contributed by atoms with E-state index in [0.717, 1.165) is 40.6 Å². The van der Waals surface area contributed by atoms with Crippen LogP contribution in [-0.2, 0) is 4.79 Å². The Labute approximate surface area is 163 Å². The number of allylic oxidation sites excluding steroid dienone is 2. The summed E-state index contributed by atoms with van der Waals surface area (Å²) < 4.78 is 1.82. The first kappa shape index (κ1) is 18.1. The summed E-state index contributed by atoms with van der Waals surface area (Å²) in [4.78, 5) is 17.7.